The van der Waals surface area contributed by atoms with E-state index in [9.17, 15) is 9.50 Å². The van der Waals surface area contributed by atoms with Gasteiger partial charge in [0.05, 0.1) is 11.9 Å². The highest BCUT2D eigenvalue weighted by molar-refractivity contribution is 9.10. The van der Waals surface area contributed by atoms with Crippen molar-refractivity contribution in [2.45, 2.75) is 12.5 Å². The Morgan fingerprint density at radius 2 is 2.08 bits per heavy atom. The molecule has 0 saturated heterocycles. The summed E-state index contributed by atoms with van der Waals surface area (Å²) in [6.45, 7) is 1.55. The molecule has 1 unspecified atom stereocenters. The molecule has 0 amide bonds. The first-order chi connectivity index (χ1) is 12.4. The van der Waals surface area contributed by atoms with Crippen LogP contribution in [-0.4, -0.2) is 34.7 Å². The largest absolute Gasteiger partial charge is 0.382 e. The Morgan fingerprint density at radius 3 is 2.85 bits per heavy atom. The Balaban J connectivity index is 1.84. The van der Waals surface area contributed by atoms with Gasteiger partial charge in [-0.15, -0.1) is 5.10 Å². The molecule has 1 aromatic carbocycles. The van der Waals surface area contributed by atoms with Crippen LogP contribution in [-0.2, 0) is 5.60 Å². The Bertz CT molecular complexity index is 1120. The number of halogens is 2. The summed E-state index contributed by atoms with van der Waals surface area (Å²) in [4.78, 5) is 3.95. The van der Waals surface area contributed by atoms with Crippen molar-refractivity contribution in [3.63, 3.8) is 0 Å². The van der Waals surface area contributed by atoms with Crippen LogP contribution in [0.5, 0.6) is 0 Å². The molecule has 0 saturated carbocycles. The van der Waals surface area contributed by atoms with Crippen LogP contribution in [0.1, 0.15) is 18.3 Å². The lowest BCUT2D eigenvalue weighted by atomic mass is 9.99. The normalized spacial score (nSPS) is 13.8. The van der Waals surface area contributed by atoms with Gasteiger partial charge in [-0.2, -0.15) is 5.10 Å². The number of aliphatic hydroxyl groups is 1. The van der Waals surface area contributed by atoms with E-state index in [1.807, 2.05) is 0 Å². The van der Waals surface area contributed by atoms with Gasteiger partial charge in [0, 0.05) is 4.47 Å². The molecule has 8 nitrogen and oxygen atoms in total. The lowest BCUT2D eigenvalue weighted by molar-refractivity contribution is 0.0905. The van der Waals surface area contributed by atoms with Crippen LogP contribution in [0.4, 0.5) is 10.2 Å². The summed E-state index contributed by atoms with van der Waals surface area (Å²) in [5.74, 6) is -0.177. The number of nitrogens with zero attached hydrogens (tertiary/aromatic N) is 6. The zero-order chi connectivity index (χ0) is 18.5. The third-order valence-corrected chi connectivity index (χ3v) is 4.73. The van der Waals surface area contributed by atoms with Crippen molar-refractivity contribution in [1.29, 1.82) is 0 Å². The van der Waals surface area contributed by atoms with E-state index in [0.717, 1.165) is 0 Å². The minimum Gasteiger partial charge on any atom is -0.382 e. The van der Waals surface area contributed by atoms with E-state index >= 15 is 0 Å². The summed E-state index contributed by atoms with van der Waals surface area (Å²) in [5.41, 5.74) is 5.74. The topological polar surface area (TPSA) is 107 Å². The van der Waals surface area contributed by atoms with Gasteiger partial charge in [-0.3, -0.25) is 0 Å². The van der Waals surface area contributed by atoms with E-state index in [4.69, 9.17) is 5.73 Å². The van der Waals surface area contributed by atoms with Gasteiger partial charge in [0.25, 0.3) is 0 Å². The van der Waals surface area contributed by atoms with Crippen LogP contribution in [0.15, 0.2) is 47.3 Å². The van der Waals surface area contributed by atoms with Crippen molar-refractivity contribution in [3.05, 3.63) is 64.5 Å². The molecular weight excluding hydrogens is 405 g/mol. The van der Waals surface area contributed by atoms with Crippen molar-refractivity contribution in [1.82, 2.24) is 29.6 Å². The van der Waals surface area contributed by atoms with E-state index < -0.39 is 11.4 Å². The molecule has 0 fully saturated rings. The first-order valence-corrected chi connectivity index (χ1v) is 8.37. The maximum Gasteiger partial charge on any atom is 0.152 e. The van der Waals surface area contributed by atoms with Crippen LogP contribution in [0, 0.1) is 5.82 Å². The van der Waals surface area contributed by atoms with Gasteiger partial charge in [-0.05, 0) is 41.1 Å². The molecule has 0 aliphatic carbocycles. The molecule has 0 aliphatic rings. The Morgan fingerprint density at radius 1 is 1.31 bits per heavy atom. The number of benzene rings is 1. The molecule has 3 aromatic heterocycles. The van der Waals surface area contributed by atoms with Crippen LogP contribution >= 0.6 is 15.9 Å². The summed E-state index contributed by atoms with van der Waals surface area (Å²) in [6, 6.07) is 7.85. The minimum absolute atomic E-state index is 0.227. The molecule has 132 valence electrons. The third-order valence-electron chi connectivity index (χ3n) is 4.13. The smallest absolute Gasteiger partial charge is 0.152 e. The van der Waals surface area contributed by atoms with Crippen molar-refractivity contribution in [3.8, 4) is 5.69 Å². The van der Waals surface area contributed by atoms with E-state index in [2.05, 4.69) is 36.3 Å². The van der Waals surface area contributed by atoms with E-state index in [-0.39, 0.29) is 17.2 Å². The molecule has 3 heterocycles. The highest BCUT2D eigenvalue weighted by Gasteiger charge is 2.34. The van der Waals surface area contributed by atoms with Crippen molar-refractivity contribution in [2.75, 3.05) is 5.73 Å². The number of nitrogen functional groups attached to an aromatic ring is 1. The Kier molecular flexibility index (Phi) is 3.74. The number of rotatable bonds is 3. The molecule has 0 radical (unpaired) electrons. The van der Waals surface area contributed by atoms with Gasteiger partial charge in [-0.1, -0.05) is 17.3 Å². The first kappa shape index (κ1) is 16.6. The molecule has 10 heteroatoms. The van der Waals surface area contributed by atoms with Gasteiger partial charge in [0.15, 0.2) is 5.82 Å². The quantitative estimate of drug-likeness (QED) is 0.528. The fraction of sp³-hybridized carbons (Fsp3) is 0.125. The fourth-order valence-electron chi connectivity index (χ4n) is 2.74. The lowest BCUT2D eigenvalue weighted by Crippen LogP contribution is -2.26. The maximum absolute atomic E-state index is 14.0. The molecule has 3 N–H and O–H groups in total. The van der Waals surface area contributed by atoms with Crippen molar-refractivity contribution >= 4 is 27.3 Å². The molecule has 1 atom stereocenters. The second kappa shape index (κ2) is 5.85. The summed E-state index contributed by atoms with van der Waals surface area (Å²) in [6.07, 6.45) is 2.76. The third kappa shape index (κ3) is 2.45. The highest BCUT2D eigenvalue weighted by Crippen LogP contribution is 2.34. The lowest BCUT2D eigenvalue weighted by Gasteiger charge is -2.20. The predicted molar refractivity (Wildman–Crippen MR) is 95.1 cm³/mol. The Labute approximate surface area is 155 Å². The summed E-state index contributed by atoms with van der Waals surface area (Å²) < 4.78 is 17.4. The first-order valence-electron chi connectivity index (χ1n) is 7.58. The zero-order valence-electron chi connectivity index (χ0n) is 13.5. The molecule has 4 rings (SSSR count). The van der Waals surface area contributed by atoms with Crippen LogP contribution < -0.4 is 5.73 Å². The summed E-state index contributed by atoms with van der Waals surface area (Å²) in [7, 11) is 0. The maximum atomic E-state index is 14.0. The van der Waals surface area contributed by atoms with Gasteiger partial charge >= 0.3 is 0 Å². The second-order valence-electron chi connectivity index (χ2n) is 5.86. The van der Waals surface area contributed by atoms with Gasteiger partial charge in [0.1, 0.15) is 34.6 Å². The van der Waals surface area contributed by atoms with Crippen molar-refractivity contribution < 1.29 is 9.50 Å². The number of nitrogens with two attached hydrogens (primary N) is 1. The fourth-order valence-corrected chi connectivity index (χ4v) is 3.33. The predicted octanol–water partition coefficient (Wildman–Crippen LogP) is 2.05. The minimum atomic E-state index is -1.56. The van der Waals surface area contributed by atoms with E-state index in [1.165, 1.54) is 27.8 Å². The van der Waals surface area contributed by atoms with Crippen LogP contribution in [0.3, 0.4) is 0 Å². The molecule has 4 aromatic rings. The van der Waals surface area contributed by atoms with E-state index in [0.29, 0.717) is 15.7 Å². The van der Waals surface area contributed by atoms with Crippen LogP contribution in [0.25, 0.3) is 11.2 Å². The molecule has 0 aliphatic heterocycles. The molecule has 0 bridgehead atoms. The number of aromatic nitrogens is 6. The van der Waals surface area contributed by atoms with Crippen molar-refractivity contribution in [2.24, 2.45) is 0 Å². The molecular formula is C16H13BrFN7O. The van der Waals surface area contributed by atoms with Gasteiger partial charge in [0.2, 0.25) is 0 Å². The second-order valence-corrected chi connectivity index (χ2v) is 6.71. The average molecular weight is 418 g/mol. The number of hydrogen-bond acceptors (Lipinski definition) is 6. The monoisotopic (exact) mass is 417 g/mol. The summed E-state index contributed by atoms with van der Waals surface area (Å²) in [5, 5.41) is 23.2. The number of para-hydroxylation sites is 1. The number of hydrogen-bond donors (Lipinski definition) is 2. The zero-order valence-corrected chi connectivity index (χ0v) is 15.1. The van der Waals surface area contributed by atoms with Gasteiger partial charge in [-0.25, -0.2) is 18.6 Å². The average Bonchev–Trinajstić information content (AvgIpc) is 3.22. The summed E-state index contributed by atoms with van der Waals surface area (Å²) >= 11 is 3.40. The SMILES string of the molecule is CC(O)(c1cn(-c2ccccc2F)nn1)c1cc(Br)c2c(N)ncnn12. The number of anilines is 1. The highest BCUT2D eigenvalue weighted by atomic mass is 79.9. The van der Waals surface area contributed by atoms with Gasteiger partial charge < -0.3 is 10.8 Å². The number of fused-ring (bicyclic) bond motifs is 1. The molecule has 0 spiro atoms. The Hall–Kier alpha value is -2.85. The van der Waals surface area contributed by atoms with Crippen LogP contribution in [0.2, 0.25) is 0 Å². The molecule has 26 heavy (non-hydrogen) atoms. The van der Waals surface area contributed by atoms with E-state index in [1.54, 1.807) is 31.2 Å². The standard InChI is InChI=1S/C16H13BrFN7O/c1-16(26,13-6-9(17)14-15(19)20-8-21-25(13)14)12-7-24(23-22-12)11-5-3-2-4-10(11)18/h2-8,26H,1H3,(H2,19,20,21).